The average Bonchev–Trinajstić information content (AvgIpc) is 2.41. The molecule has 0 radical (unpaired) electrons. The van der Waals surface area contributed by atoms with Gasteiger partial charge in [-0.1, -0.05) is 0 Å². The topological polar surface area (TPSA) is 75.6 Å². The minimum atomic E-state index is -1.04. The summed E-state index contributed by atoms with van der Waals surface area (Å²) in [7, 11) is -0.968. The van der Waals surface area contributed by atoms with E-state index in [-0.39, 0.29) is 12.3 Å². The Morgan fingerprint density at radius 2 is 2.19 bits per heavy atom. The van der Waals surface area contributed by atoms with E-state index in [9.17, 15) is 14.1 Å². The summed E-state index contributed by atoms with van der Waals surface area (Å²) >= 11 is 0. The number of rotatable bonds is 2. The summed E-state index contributed by atoms with van der Waals surface area (Å²) in [6.45, 7) is 5.40. The molecule has 0 bridgehead atoms. The fourth-order valence-electron chi connectivity index (χ4n) is 1.44. The van der Waals surface area contributed by atoms with Crippen LogP contribution >= 0.6 is 0 Å². The largest absolute Gasteiger partial charge is 0.444 e. The molecular formula is C10H19NO4S. The molecule has 6 heteroatoms. The zero-order valence-electron chi connectivity index (χ0n) is 9.91. The third-order valence-corrected chi connectivity index (χ3v) is 3.70. The Bertz CT molecular complexity index is 300. The summed E-state index contributed by atoms with van der Waals surface area (Å²) in [6, 6.07) is 0. The Hall–Kier alpha value is -0.620. The summed E-state index contributed by atoms with van der Waals surface area (Å²) in [5.41, 5.74) is -1.59. The van der Waals surface area contributed by atoms with Crippen LogP contribution in [-0.4, -0.2) is 44.7 Å². The van der Waals surface area contributed by atoms with Gasteiger partial charge in [0.1, 0.15) is 5.60 Å². The molecule has 1 aliphatic rings. The first-order chi connectivity index (χ1) is 7.20. The maximum atomic E-state index is 11.3. The molecule has 0 spiro atoms. The van der Waals surface area contributed by atoms with E-state index in [1.165, 1.54) is 0 Å². The summed E-state index contributed by atoms with van der Waals surface area (Å²) in [6.07, 6.45) is -0.103. The van der Waals surface area contributed by atoms with Gasteiger partial charge in [0.15, 0.2) is 0 Å². The molecule has 1 aliphatic heterocycles. The minimum Gasteiger partial charge on any atom is -0.444 e. The summed E-state index contributed by atoms with van der Waals surface area (Å²) < 4.78 is 16.2. The van der Waals surface area contributed by atoms with Gasteiger partial charge >= 0.3 is 6.09 Å². The second-order valence-corrected chi connectivity index (χ2v) is 6.69. The Labute approximate surface area is 98.0 Å². The predicted molar refractivity (Wildman–Crippen MR) is 61.7 cm³/mol. The Kier molecular flexibility index (Phi) is 3.96. The maximum absolute atomic E-state index is 11.3. The highest BCUT2D eigenvalue weighted by Crippen LogP contribution is 2.19. The van der Waals surface area contributed by atoms with Crippen molar-refractivity contribution in [1.29, 1.82) is 0 Å². The molecule has 1 saturated heterocycles. The molecule has 2 unspecified atom stereocenters. The van der Waals surface area contributed by atoms with Crippen LogP contribution in [-0.2, 0) is 15.5 Å². The third-order valence-electron chi connectivity index (χ3n) is 2.19. The van der Waals surface area contributed by atoms with E-state index in [1.807, 2.05) is 0 Å². The van der Waals surface area contributed by atoms with E-state index in [1.54, 1.807) is 20.8 Å². The zero-order valence-corrected chi connectivity index (χ0v) is 10.7. The molecular weight excluding hydrogens is 230 g/mol. The first-order valence-corrected chi connectivity index (χ1v) is 6.73. The molecule has 1 heterocycles. The number of nitrogens with one attached hydrogen (secondary N) is 1. The standard InChI is InChI=1S/C10H19NO4S/c1-9(2,3)15-8(12)11-6-10(13)4-5-16(14)7-10/h13H,4-7H2,1-3H3,(H,11,12). The van der Waals surface area contributed by atoms with Crippen molar-refractivity contribution in [2.45, 2.75) is 38.4 Å². The first-order valence-electron chi connectivity index (χ1n) is 5.24. The molecule has 1 rings (SSSR count). The van der Waals surface area contributed by atoms with E-state index >= 15 is 0 Å². The SMILES string of the molecule is CC(C)(C)OC(=O)NCC1(O)CCS(=O)C1. The van der Waals surface area contributed by atoms with Crippen molar-refractivity contribution in [3.8, 4) is 0 Å². The van der Waals surface area contributed by atoms with Gasteiger partial charge in [-0.25, -0.2) is 4.79 Å². The van der Waals surface area contributed by atoms with Gasteiger partial charge in [0, 0.05) is 16.6 Å². The van der Waals surface area contributed by atoms with Crippen LogP contribution in [0, 0.1) is 0 Å². The smallest absolute Gasteiger partial charge is 0.407 e. The lowest BCUT2D eigenvalue weighted by molar-refractivity contribution is 0.0360. The van der Waals surface area contributed by atoms with Crippen LogP contribution in [0.4, 0.5) is 4.79 Å². The number of carbonyl (C=O) groups excluding carboxylic acids is 1. The number of alkyl carbamates (subject to hydrolysis) is 1. The number of hydrogen-bond acceptors (Lipinski definition) is 4. The summed E-state index contributed by atoms with van der Waals surface area (Å²) in [5, 5.41) is 12.4. The van der Waals surface area contributed by atoms with E-state index in [2.05, 4.69) is 5.32 Å². The molecule has 0 saturated carbocycles. The average molecular weight is 249 g/mol. The van der Waals surface area contributed by atoms with Gasteiger partial charge in [-0.05, 0) is 27.2 Å². The van der Waals surface area contributed by atoms with Crippen molar-refractivity contribution >= 4 is 16.9 Å². The molecule has 1 fully saturated rings. The third kappa shape index (κ3) is 4.49. The molecule has 94 valence electrons. The zero-order chi connectivity index (χ0) is 12.4. The molecule has 0 aliphatic carbocycles. The van der Waals surface area contributed by atoms with Gasteiger partial charge in [-0.15, -0.1) is 0 Å². The number of carbonyl (C=O) groups is 1. The second kappa shape index (κ2) is 4.71. The van der Waals surface area contributed by atoms with Crippen molar-refractivity contribution < 1.29 is 18.8 Å². The van der Waals surface area contributed by atoms with Crippen molar-refractivity contribution in [3.05, 3.63) is 0 Å². The first kappa shape index (κ1) is 13.4. The van der Waals surface area contributed by atoms with Crippen LogP contribution in [0.1, 0.15) is 27.2 Å². The Balaban J connectivity index is 2.35. The van der Waals surface area contributed by atoms with Gasteiger partial charge in [0.2, 0.25) is 0 Å². The van der Waals surface area contributed by atoms with Crippen LogP contribution in [0.25, 0.3) is 0 Å². The molecule has 0 aromatic carbocycles. The highest BCUT2D eigenvalue weighted by atomic mass is 32.2. The van der Waals surface area contributed by atoms with Gasteiger partial charge in [-0.2, -0.15) is 0 Å². The Morgan fingerprint density at radius 1 is 1.56 bits per heavy atom. The molecule has 0 aromatic heterocycles. The molecule has 2 atom stereocenters. The van der Waals surface area contributed by atoms with E-state index in [4.69, 9.17) is 4.74 Å². The number of aliphatic hydroxyl groups is 1. The Morgan fingerprint density at radius 3 is 2.62 bits per heavy atom. The van der Waals surface area contributed by atoms with Crippen LogP contribution in [0.3, 0.4) is 0 Å². The normalized spacial score (nSPS) is 30.1. The van der Waals surface area contributed by atoms with Crippen LogP contribution in [0.2, 0.25) is 0 Å². The fourth-order valence-corrected chi connectivity index (χ4v) is 3.04. The van der Waals surface area contributed by atoms with Crippen LogP contribution in [0.5, 0.6) is 0 Å². The molecule has 1 amide bonds. The van der Waals surface area contributed by atoms with Crippen molar-refractivity contribution in [3.63, 3.8) is 0 Å². The molecule has 16 heavy (non-hydrogen) atoms. The van der Waals surface area contributed by atoms with Gasteiger partial charge in [0.25, 0.3) is 0 Å². The van der Waals surface area contributed by atoms with Crippen LogP contribution in [0.15, 0.2) is 0 Å². The summed E-state index contributed by atoms with van der Waals surface area (Å²) in [4.78, 5) is 11.3. The molecule has 2 N–H and O–H groups in total. The lowest BCUT2D eigenvalue weighted by Gasteiger charge is -2.24. The molecule has 5 nitrogen and oxygen atoms in total. The maximum Gasteiger partial charge on any atom is 0.407 e. The summed E-state index contributed by atoms with van der Waals surface area (Å²) in [5.74, 6) is 0.718. The highest BCUT2D eigenvalue weighted by molar-refractivity contribution is 7.85. The van der Waals surface area contributed by atoms with E-state index < -0.39 is 28.1 Å². The number of amides is 1. The van der Waals surface area contributed by atoms with Crippen molar-refractivity contribution in [2.24, 2.45) is 0 Å². The predicted octanol–water partition coefficient (Wildman–Crippen LogP) is 0.395. The van der Waals surface area contributed by atoms with Gasteiger partial charge < -0.3 is 15.2 Å². The van der Waals surface area contributed by atoms with Gasteiger partial charge in [0.05, 0.1) is 17.9 Å². The lowest BCUT2D eigenvalue weighted by Crippen LogP contribution is -2.45. The minimum absolute atomic E-state index is 0.0909. The monoisotopic (exact) mass is 249 g/mol. The number of hydrogen-bond donors (Lipinski definition) is 2. The lowest BCUT2D eigenvalue weighted by atomic mass is 10.0. The fraction of sp³-hybridized carbons (Fsp3) is 0.900. The van der Waals surface area contributed by atoms with Crippen LogP contribution < -0.4 is 5.32 Å². The molecule has 0 aromatic rings. The van der Waals surface area contributed by atoms with E-state index in [0.717, 1.165) is 0 Å². The van der Waals surface area contributed by atoms with Crippen molar-refractivity contribution in [2.75, 3.05) is 18.1 Å². The highest BCUT2D eigenvalue weighted by Gasteiger charge is 2.36. The number of ether oxygens (including phenoxy) is 1. The van der Waals surface area contributed by atoms with Gasteiger partial charge in [-0.3, -0.25) is 4.21 Å². The van der Waals surface area contributed by atoms with E-state index in [0.29, 0.717) is 12.2 Å². The second-order valence-electron chi connectivity index (χ2n) is 5.12. The van der Waals surface area contributed by atoms with Crippen molar-refractivity contribution in [1.82, 2.24) is 5.32 Å². The quantitative estimate of drug-likeness (QED) is 0.742.